The highest BCUT2D eigenvalue weighted by Gasteiger charge is 2.34. The zero-order valence-electron chi connectivity index (χ0n) is 11.0. The molecule has 1 fully saturated rings. The maximum atomic E-state index is 11.8. The molecule has 0 aromatic heterocycles. The molecule has 3 N–H and O–H groups in total. The first kappa shape index (κ1) is 14.3. The summed E-state index contributed by atoms with van der Waals surface area (Å²) in [4.78, 5) is 11.8. The highest BCUT2D eigenvalue weighted by molar-refractivity contribution is 5.68. The number of aliphatic hydroxyl groups excluding tert-OH is 1. The largest absolute Gasteiger partial charge is 0.444 e. The van der Waals surface area contributed by atoms with Crippen LogP contribution in [0, 0.1) is 0 Å². The number of hydrogen-bond donors (Lipinski definition) is 3. The lowest BCUT2D eigenvalue weighted by Gasteiger charge is -2.38. The Morgan fingerprint density at radius 1 is 1.41 bits per heavy atom. The predicted octanol–water partition coefficient (Wildman–Crippen LogP) is 1.02. The molecule has 1 heterocycles. The molecule has 5 nitrogen and oxygen atoms in total. The lowest BCUT2D eigenvalue weighted by molar-refractivity contribution is 0.0406. The van der Waals surface area contributed by atoms with Crippen LogP contribution in [0.4, 0.5) is 4.79 Å². The van der Waals surface area contributed by atoms with E-state index in [2.05, 4.69) is 10.6 Å². The monoisotopic (exact) mass is 244 g/mol. The van der Waals surface area contributed by atoms with Gasteiger partial charge in [0.25, 0.3) is 0 Å². The Balaban J connectivity index is 2.57. The van der Waals surface area contributed by atoms with Gasteiger partial charge in [-0.05, 0) is 53.1 Å². The molecule has 1 amide bonds. The van der Waals surface area contributed by atoms with E-state index in [1.165, 1.54) is 0 Å². The Bertz CT molecular complexity index is 249. The predicted molar refractivity (Wildman–Crippen MR) is 65.9 cm³/mol. The number of hydrogen-bond acceptors (Lipinski definition) is 4. The molecule has 0 spiro atoms. The number of aliphatic hydroxyl groups is 1. The quantitative estimate of drug-likeness (QED) is 0.693. The van der Waals surface area contributed by atoms with Crippen LogP contribution < -0.4 is 10.6 Å². The summed E-state index contributed by atoms with van der Waals surface area (Å²) in [5.74, 6) is 0. The van der Waals surface area contributed by atoms with E-state index in [0.717, 1.165) is 25.9 Å². The molecular formula is C12H24N2O3. The first-order valence-corrected chi connectivity index (χ1v) is 6.20. The summed E-state index contributed by atoms with van der Waals surface area (Å²) >= 11 is 0. The fourth-order valence-corrected chi connectivity index (χ4v) is 2.08. The van der Waals surface area contributed by atoms with Gasteiger partial charge in [-0.2, -0.15) is 0 Å². The fraction of sp³-hybridized carbons (Fsp3) is 0.917. The molecule has 0 aromatic carbocycles. The summed E-state index contributed by atoms with van der Waals surface area (Å²) in [6.45, 7) is 7.32. The number of carbonyl (C=O) groups is 1. The molecule has 100 valence electrons. The Kier molecular flexibility index (Phi) is 4.77. The van der Waals surface area contributed by atoms with Crippen LogP contribution in [0.1, 0.15) is 40.0 Å². The van der Waals surface area contributed by atoms with Gasteiger partial charge in [-0.25, -0.2) is 4.79 Å². The summed E-state index contributed by atoms with van der Waals surface area (Å²) < 4.78 is 5.26. The van der Waals surface area contributed by atoms with Crippen molar-refractivity contribution < 1.29 is 14.6 Å². The summed E-state index contributed by atoms with van der Waals surface area (Å²) in [5, 5.41) is 15.3. The minimum absolute atomic E-state index is 0.0792. The molecule has 0 bridgehead atoms. The molecule has 17 heavy (non-hydrogen) atoms. The van der Waals surface area contributed by atoms with Crippen molar-refractivity contribution in [3.05, 3.63) is 0 Å². The highest BCUT2D eigenvalue weighted by atomic mass is 16.6. The molecule has 1 rings (SSSR count). The number of amides is 1. The SMILES string of the molecule is CC(C)(C)OC(=O)NC1(CCO)CCNCC1. The van der Waals surface area contributed by atoms with Gasteiger partial charge in [0.1, 0.15) is 5.60 Å². The van der Waals surface area contributed by atoms with E-state index in [0.29, 0.717) is 6.42 Å². The van der Waals surface area contributed by atoms with Crippen LogP contribution in [0.25, 0.3) is 0 Å². The highest BCUT2D eigenvalue weighted by Crippen LogP contribution is 2.23. The molecule has 1 aliphatic rings. The van der Waals surface area contributed by atoms with Gasteiger partial charge in [0, 0.05) is 12.1 Å². The van der Waals surface area contributed by atoms with Crippen LogP contribution in [-0.2, 0) is 4.74 Å². The lowest BCUT2D eigenvalue weighted by Crippen LogP contribution is -2.55. The summed E-state index contributed by atoms with van der Waals surface area (Å²) in [7, 11) is 0. The van der Waals surface area contributed by atoms with Crippen LogP contribution in [0.2, 0.25) is 0 Å². The fourth-order valence-electron chi connectivity index (χ4n) is 2.08. The van der Waals surface area contributed by atoms with E-state index in [1.54, 1.807) is 0 Å². The lowest BCUT2D eigenvalue weighted by atomic mass is 9.85. The Morgan fingerprint density at radius 3 is 2.47 bits per heavy atom. The molecule has 0 aliphatic carbocycles. The molecule has 0 radical (unpaired) electrons. The second-order valence-electron chi connectivity index (χ2n) is 5.63. The van der Waals surface area contributed by atoms with Gasteiger partial charge in [-0.3, -0.25) is 0 Å². The second kappa shape index (κ2) is 5.69. The Morgan fingerprint density at radius 2 is 2.00 bits per heavy atom. The summed E-state index contributed by atoms with van der Waals surface area (Å²) in [6.07, 6.45) is 1.83. The second-order valence-corrected chi connectivity index (χ2v) is 5.63. The van der Waals surface area contributed by atoms with Gasteiger partial charge in [-0.1, -0.05) is 0 Å². The molecule has 0 atom stereocenters. The van der Waals surface area contributed by atoms with Crippen molar-refractivity contribution in [2.45, 2.75) is 51.2 Å². The van der Waals surface area contributed by atoms with E-state index in [4.69, 9.17) is 9.84 Å². The molecular weight excluding hydrogens is 220 g/mol. The molecule has 5 heteroatoms. The third kappa shape index (κ3) is 4.91. The first-order valence-electron chi connectivity index (χ1n) is 6.20. The van der Waals surface area contributed by atoms with E-state index in [9.17, 15) is 4.79 Å². The minimum atomic E-state index is -0.489. The van der Waals surface area contributed by atoms with Gasteiger partial charge < -0.3 is 20.5 Å². The summed E-state index contributed by atoms with van der Waals surface area (Å²) in [6, 6.07) is 0. The van der Waals surface area contributed by atoms with Crippen molar-refractivity contribution in [2.24, 2.45) is 0 Å². The first-order chi connectivity index (χ1) is 7.87. The number of rotatable bonds is 3. The van der Waals surface area contributed by atoms with E-state index >= 15 is 0 Å². The minimum Gasteiger partial charge on any atom is -0.444 e. The van der Waals surface area contributed by atoms with E-state index in [-0.39, 0.29) is 12.1 Å². The third-order valence-corrected chi connectivity index (χ3v) is 2.92. The Labute approximate surface area is 103 Å². The summed E-state index contributed by atoms with van der Waals surface area (Å²) in [5.41, 5.74) is -0.806. The van der Waals surface area contributed by atoms with Crippen LogP contribution in [0.5, 0.6) is 0 Å². The van der Waals surface area contributed by atoms with Crippen molar-refractivity contribution in [3.63, 3.8) is 0 Å². The van der Waals surface area contributed by atoms with Crippen molar-refractivity contribution in [3.8, 4) is 0 Å². The van der Waals surface area contributed by atoms with E-state index < -0.39 is 11.7 Å². The molecule has 0 unspecified atom stereocenters. The number of carbonyl (C=O) groups excluding carboxylic acids is 1. The molecule has 0 aromatic rings. The van der Waals surface area contributed by atoms with Crippen molar-refractivity contribution in [1.29, 1.82) is 0 Å². The molecule has 0 saturated carbocycles. The average Bonchev–Trinajstić information content (AvgIpc) is 2.15. The molecule has 1 aliphatic heterocycles. The third-order valence-electron chi connectivity index (χ3n) is 2.92. The van der Waals surface area contributed by atoms with Gasteiger partial charge in [0.2, 0.25) is 0 Å². The van der Waals surface area contributed by atoms with Crippen LogP contribution in [-0.4, -0.2) is 42.0 Å². The van der Waals surface area contributed by atoms with Crippen molar-refractivity contribution >= 4 is 6.09 Å². The van der Waals surface area contributed by atoms with E-state index in [1.807, 2.05) is 20.8 Å². The maximum absolute atomic E-state index is 11.8. The molecule has 1 saturated heterocycles. The maximum Gasteiger partial charge on any atom is 0.408 e. The normalized spacial score (nSPS) is 19.8. The topological polar surface area (TPSA) is 70.6 Å². The number of piperidine rings is 1. The number of alkyl carbamates (subject to hydrolysis) is 1. The van der Waals surface area contributed by atoms with Crippen LogP contribution in [0.15, 0.2) is 0 Å². The zero-order chi connectivity index (χ0) is 12.9. The number of nitrogens with one attached hydrogen (secondary N) is 2. The smallest absolute Gasteiger partial charge is 0.408 e. The van der Waals surface area contributed by atoms with Crippen molar-refractivity contribution in [2.75, 3.05) is 19.7 Å². The van der Waals surface area contributed by atoms with Crippen LogP contribution in [0.3, 0.4) is 0 Å². The average molecular weight is 244 g/mol. The van der Waals surface area contributed by atoms with Crippen molar-refractivity contribution in [1.82, 2.24) is 10.6 Å². The van der Waals surface area contributed by atoms with Gasteiger partial charge in [-0.15, -0.1) is 0 Å². The van der Waals surface area contributed by atoms with Gasteiger partial charge in [0.05, 0.1) is 0 Å². The van der Waals surface area contributed by atoms with Gasteiger partial charge in [0.15, 0.2) is 0 Å². The zero-order valence-corrected chi connectivity index (χ0v) is 11.0. The Hall–Kier alpha value is -0.810. The van der Waals surface area contributed by atoms with Crippen LogP contribution >= 0.6 is 0 Å². The standard InChI is InChI=1S/C12H24N2O3/c1-11(2,3)17-10(16)14-12(6-9-15)4-7-13-8-5-12/h13,15H,4-9H2,1-3H3,(H,14,16). The number of ether oxygens (including phenoxy) is 1. The van der Waals surface area contributed by atoms with Gasteiger partial charge >= 0.3 is 6.09 Å².